The predicted molar refractivity (Wildman–Crippen MR) is 65.4 cm³/mol. The van der Waals surface area contributed by atoms with E-state index in [1.165, 1.54) is 0 Å². The van der Waals surface area contributed by atoms with Crippen molar-refractivity contribution in [1.29, 1.82) is 0 Å². The molecule has 0 unspecified atom stereocenters. The monoisotopic (exact) mass is 222 g/mol. The normalized spacial score (nSPS) is 9.33. The molecule has 1 aromatic heterocycles. The number of thioether (sulfide) groups is 1. The Morgan fingerprint density at radius 1 is 1.60 bits per heavy atom. The molecule has 0 bridgehead atoms. The van der Waals surface area contributed by atoms with Crippen LogP contribution in [0.5, 0.6) is 5.75 Å². The Bertz CT molecular complexity index is 318. The molecule has 1 N–H and O–H groups in total. The zero-order valence-electron chi connectivity index (χ0n) is 8.69. The van der Waals surface area contributed by atoms with E-state index >= 15 is 0 Å². The summed E-state index contributed by atoms with van der Waals surface area (Å²) >= 11 is 1.73. The van der Waals surface area contributed by atoms with Crippen molar-refractivity contribution in [3.8, 4) is 18.1 Å². The number of hydrogen-bond donors (Lipinski definition) is 1. The van der Waals surface area contributed by atoms with Gasteiger partial charge < -0.3 is 10.1 Å². The Morgan fingerprint density at radius 3 is 3.07 bits per heavy atom. The Morgan fingerprint density at radius 2 is 2.47 bits per heavy atom. The van der Waals surface area contributed by atoms with E-state index in [0.717, 1.165) is 29.6 Å². The largest absolute Gasteiger partial charge is 0.495 e. The van der Waals surface area contributed by atoms with E-state index in [1.807, 2.05) is 12.1 Å². The number of nitrogens with one attached hydrogen (secondary N) is 1. The topological polar surface area (TPSA) is 34.1 Å². The van der Waals surface area contributed by atoms with E-state index in [9.17, 15) is 0 Å². The molecule has 80 valence electrons. The van der Waals surface area contributed by atoms with Crippen molar-refractivity contribution in [2.75, 3.05) is 30.5 Å². The minimum atomic E-state index is 0.762. The quantitative estimate of drug-likeness (QED) is 0.588. The fraction of sp³-hybridized carbons (Fsp3) is 0.364. The van der Waals surface area contributed by atoms with Gasteiger partial charge in [-0.3, -0.25) is 0 Å². The van der Waals surface area contributed by atoms with Crippen molar-refractivity contribution in [1.82, 2.24) is 4.98 Å². The average molecular weight is 222 g/mol. The van der Waals surface area contributed by atoms with Crippen molar-refractivity contribution in [3.63, 3.8) is 0 Å². The molecule has 0 saturated heterocycles. The van der Waals surface area contributed by atoms with Crippen molar-refractivity contribution < 1.29 is 4.74 Å². The van der Waals surface area contributed by atoms with Crippen molar-refractivity contribution in [2.45, 2.75) is 0 Å². The molecule has 0 saturated carbocycles. The zero-order valence-corrected chi connectivity index (χ0v) is 9.51. The highest BCUT2D eigenvalue weighted by Gasteiger charge is 1.94. The van der Waals surface area contributed by atoms with Gasteiger partial charge in [0, 0.05) is 12.3 Å². The third-order valence-electron chi connectivity index (χ3n) is 1.71. The minimum Gasteiger partial charge on any atom is -0.495 e. The highest BCUT2D eigenvalue weighted by molar-refractivity contribution is 7.99. The SMILES string of the molecule is C#CCSCCNc1ccc(OC)cn1. The van der Waals surface area contributed by atoms with Gasteiger partial charge in [0.25, 0.3) is 0 Å². The molecule has 0 aromatic carbocycles. The number of pyridine rings is 1. The van der Waals surface area contributed by atoms with Gasteiger partial charge in [-0.15, -0.1) is 18.2 Å². The van der Waals surface area contributed by atoms with Gasteiger partial charge in [-0.1, -0.05) is 5.92 Å². The van der Waals surface area contributed by atoms with Crippen LogP contribution in [0.25, 0.3) is 0 Å². The lowest BCUT2D eigenvalue weighted by atomic mass is 10.4. The van der Waals surface area contributed by atoms with Crippen LogP contribution in [0.3, 0.4) is 0 Å². The van der Waals surface area contributed by atoms with Crippen LogP contribution in [-0.2, 0) is 0 Å². The maximum Gasteiger partial charge on any atom is 0.137 e. The van der Waals surface area contributed by atoms with Crippen LogP contribution in [0, 0.1) is 12.3 Å². The maximum atomic E-state index is 5.14. The number of ether oxygens (including phenoxy) is 1. The summed E-state index contributed by atoms with van der Waals surface area (Å²) in [5.74, 6) is 5.95. The zero-order chi connectivity index (χ0) is 10.9. The number of aromatic nitrogens is 1. The number of hydrogen-bond acceptors (Lipinski definition) is 4. The molecule has 0 amide bonds. The molecule has 0 radical (unpaired) electrons. The van der Waals surface area contributed by atoms with E-state index in [2.05, 4.69) is 16.2 Å². The van der Waals surface area contributed by atoms with Crippen LogP contribution < -0.4 is 10.1 Å². The fourth-order valence-corrected chi connectivity index (χ4v) is 1.50. The highest BCUT2D eigenvalue weighted by atomic mass is 32.2. The van der Waals surface area contributed by atoms with Crippen LogP contribution in [0.2, 0.25) is 0 Å². The molecular formula is C11H14N2OS. The first-order valence-corrected chi connectivity index (χ1v) is 5.77. The summed E-state index contributed by atoms with van der Waals surface area (Å²) in [6, 6.07) is 3.77. The molecule has 15 heavy (non-hydrogen) atoms. The van der Waals surface area contributed by atoms with Crippen LogP contribution in [0.1, 0.15) is 0 Å². The van der Waals surface area contributed by atoms with E-state index in [-0.39, 0.29) is 0 Å². The summed E-state index contributed by atoms with van der Waals surface area (Å²) in [5, 5.41) is 3.20. The molecule has 0 spiro atoms. The van der Waals surface area contributed by atoms with Crippen molar-refractivity contribution in [2.24, 2.45) is 0 Å². The number of anilines is 1. The summed E-state index contributed by atoms with van der Waals surface area (Å²) in [6.45, 7) is 0.867. The molecule has 3 nitrogen and oxygen atoms in total. The highest BCUT2D eigenvalue weighted by Crippen LogP contribution is 2.11. The third kappa shape index (κ3) is 4.61. The van der Waals surface area contributed by atoms with E-state index < -0.39 is 0 Å². The molecule has 4 heteroatoms. The first kappa shape index (κ1) is 11.7. The minimum absolute atomic E-state index is 0.762. The van der Waals surface area contributed by atoms with Gasteiger partial charge in [-0.25, -0.2) is 4.98 Å². The van der Waals surface area contributed by atoms with Crippen LogP contribution in [0.15, 0.2) is 18.3 Å². The average Bonchev–Trinajstić information content (AvgIpc) is 2.30. The summed E-state index contributed by atoms with van der Waals surface area (Å²) in [6.07, 6.45) is 6.83. The summed E-state index contributed by atoms with van der Waals surface area (Å²) in [7, 11) is 1.63. The Kier molecular flexibility index (Phi) is 5.49. The van der Waals surface area contributed by atoms with Crippen LogP contribution in [0.4, 0.5) is 5.82 Å². The Labute approximate surface area is 94.6 Å². The molecule has 1 aromatic rings. The Balaban J connectivity index is 2.23. The van der Waals surface area contributed by atoms with Gasteiger partial charge in [0.2, 0.25) is 0 Å². The summed E-state index contributed by atoms with van der Waals surface area (Å²) in [5.41, 5.74) is 0. The first-order chi connectivity index (χ1) is 7.36. The number of nitrogens with zero attached hydrogens (tertiary/aromatic N) is 1. The Hall–Kier alpha value is -1.34. The van der Waals surface area contributed by atoms with E-state index in [1.54, 1.807) is 25.1 Å². The van der Waals surface area contributed by atoms with Crippen LogP contribution >= 0.6 is 11.8 Å². The molecular weight excluding hydrogens is 208 g/mol. The third-order valence-corrected chi connectivity index (χ3v) is 2.57. The molecule has 0 aliphatic rings. The second-order valence-electron chi connectivity index (χ2n) is 2.77. The molecule has 1 rings (SSSR count). The fourth-order valence-electron chi connectivity index (χ4n) is 0.988. The lowest BCUT2D eigenvalue weighted by Crippen LogP contribution is -2.05. The van der Waals surface area contributed by atoms with Gasteiger partial charge in [0.1, 0.15) is 11.6 Å². The second-order valence-corrected chi connectivity index (χ2v) is 3.87. The molecule has 0 aliphatic carbocycles. The van der Waals surface area contributed by atoms with Gasteiger partial charge >= 0.3 is 0 Å². The van der Waals surface area contributed by atoms with E-state index in [0.29, 0.717) is 0 Å². The van der Waals surface area contributed by atoms with Crippen molar-refractivity contribution >= 4 is 17.6 Å². The van der Waals surface area contributed by atoms with Crippen LogP contribution in [-0.4, -0.2) is 30.1 Å². The number of terminal acetylenes is 1. The summed E-state index contributed by atoms with van der Waals surface area (Å²) < 4.78 is 5.01. The predicted octanol–water partition coefficient (Wildman–Crippen LogP) is 1.87. The molecule has 0 fully saturated rings. The molecule has 1 heterocycles. The lowest BCUT2D eigenvalue weighted by molar-refractivity contribution is 0.413. The lowest BCUT2D eigenvalue weighted by Gasteiger charge is -2.05. The van der Waals surface area contributed by atoms with Gasteiger partial charge in [0.05, 0.1) is 19.1 Å². The molecule has 0 atom stereocenters. The second kappa shape index (κ2) is 7.02. The van der Waals surface area contributed by atoms with Gasteiger partial charge in [-0.05, 0) is 12.1 Å². The first-order valence-electron chi connectivity index (χ1n) is 4.62. The molecule has 0 aliphatic heterocycles. The number of methoxy groups -OCH3 is 1. The van der Waals surface area contributed by atoms with Gasteiger partial charge in [-0.2, -0.15) is 0 Å². The van der Waals surface area contributed by atoms with Gasteiger partial charge in [0.15, 0.2) is 0 Å². The standard InChI is InChI=1S/C11H14N2OS/c1-3-7-15-8-6-12-11-5-4-10(14-2)9-13-11/h1,4-5,9H,6-8H2,2H3,(H,12,13). The van der Waals surface area contributed by atoms with E-state index in [4.69, 9.17) is 11.2 Å². The number of rotatable bonds is 6. The smallest absolute Gasteiger partial charge is 0.137 e. The maximum absolute atomic E-state index is 5.14. The van der Waals surface area contributed by atoms with Crippen molar-refractivity contribution in [3.05, 3.63) is 18.3 Å². The summed E-state index contributed by atoms with van der Waals surface area (Å²) in [4.78, 5) is 4.18.